The van der Waals surface area contributed by atoms with Crippen LogP contribution in [0.5, 0.6) is 0 Å². The predicted molar refractivity (Wildman–Crippen MR) is 104 cm³/mol. The number of nitrogens with one attached hydrogen (secondary N) is 2. The zero-order valence-electron chi connectivity index (χ0n) is 15.5. The lowest BCUT2D eigenvalue weighted by Crippen LogP contribution is -2.38. The molecule has 1 amide bonds. The maximum absolute atomic E-state index is 13.0. The van der Waals surface area contributed by atoms with Crippen molar-refractivity contribution >= 4 is 26.8 Å². The first-order valence-corrected chi connectivity index (χ1v) is 9.94. The Morgan fingerprint density at radius 2 is 1.96 bits per heavy atom. The minimum absolute atomic E-state index is 0.115. The Labute approximate surface area is 158 Å². The lowest BCUT2D eigenvalue weighted by atomic mass is 10.1. The monoisotopic (exact) mass is 386 g/mol. The van der Waals surface area contributed by atoms with E-state index in [1.165, 1.54) is 7.05 Å². The van der Waals surface area contributed by atoms with Gasteiger partial charge in [0.1, 0.15) is 4.90 Å². The Balaban J connectivity index is 1.74. The molecule has 0 bridgehead atoms. The number of hydrogen-bond acceptors (Lipinski definition) is 4. The highest BCUT2D eigenvalue weighted by Gasteiger charge is 2.26. The van der Waals surface area contributed by atoms with E-state index in [0.29, 0.717) is 17.4 Å². The average molecular weight is 386 g/mol. The van der Waals surface area contributed by atoms with E-state index in [0.717, 1.165) is 21.0 Å². The van der Waals surface area contributed by atoms with Gasteiger partial charge in [-0.2, -0.15) is 9.40 Å². The number of carbonyl (C=O) groups is 1. The SMILES string of the molecule is Cc1cc(S(=O)(=O)N(C)CC(=O)NCc2ccccc2C)c2[nH]ncc2c1. The molecule has 2 aromatic carbocycles. The van der Waals surface area contributed by atoms with E-state index in [1.54, 1.807) is 12.3 Å². The Bertz CT molecular complexity index is 1090. The number of carbonyl (C=O) groups excluding carboxylic acids is 1. The van der Waals surface area contributed by atoms with Crippen LogP contribution in [0.4, 0.5) is 0 Å². The lowest BCUT2D eigenvalue weighted by molar-refractivity contribution is -0.121. The van der Waals surface area contributed by atoms with Crippen LogP contribution in [0.15, 0.2) is 47.5 Å². The molecule has 7 nitrogen and oxygen atoms in total. The predicted octanol–water partition coefficient (Wildman–Crippen LogP) is 2.12. The van der Waals surface area contributed by atoms with Crippen molar-refractivity contribution in [3.63, 3.8) is 0 Å². The van der Waals surface area contributed by atoms with Crippen LogP contribution in [0.2, 0.25) is 0 Å². The lowest BCUT2D eigenvalue weighted by Gasteiger charge is -2.18. The fraction of sp³-hybridized carbons (Fsp3) is 0.263. The van der Waals surface area contributed by atoms with Crippen molar-refractivity contribution in [3.8, 4) is 0 Å². The summed E-state index contributed by atoms with van der Waals surface area (Å²) in [5, 5.41) is 10.1. The molecule has 1 heterocycles. The zero-order chi connectivity index (χ0) is 19.6. The van der Waals surface area contributed by atoms with Gasteiger partial charge in [0.25, 0.3) is 0 Å². The summed E-state index contributed by atoms with van der Waals surface area (Å²) in [7, 11) is -2.45. The molecule has 3 aromatic rings. The summed E-state index contributed by atoms with van der Waals surface area (Å²) in [6, 6.07) is 11.2. The molecule has 27 heavy (non-hydrogen) atoms. The molecule has 0 aliphatic rings. The third-order valence-electron chi connectivity index (χ3n) is 4.45. The van der Waals surface area contributed by atoms with Gasteiger partial charge in [-0.15, -0.1) is 0 Å². The number of aromatic nitrogens is 2. The number of sulfonamides is 1. The quantitative estimate of drug-likeness (QED) is 0.678. The van der Waals surface area contributed by atoms with Crippen LogP contribution in [0.1, 0.15) is 16.7 Å². The van der Waals surface area contributed by atoms with Crippen molar-refractivity contribution < 1.29 is 13.2 Å². The maximum atomic E-state index is 13.0. The zero-order valence-corrected chi connectivity index (χ0v) is 16.3. The van der Waals surface area contributed by atoms with Crippen LogP contribution in [-0.4, -0.2) is 42.4 Å². The van der Waals surface area contributed by atoms with E-state index >= 15 is 0 Å². The highest BCUT2D eigenvalue weighted by Crippen LogP contribution is 2.25. The summed E-state index contributed by atoms with van der Waals surface area (Å²) in [4.78, 5) is 12.4. The maximum Gasteiger partial charge on any atom is 0.245 e. The number of fused-ring (bicyclic) bond motifs is 1. The molecule has 8 heteroatoms. The summed E-state index contributed by atoms with van der Waals surface area (Å²) in [6.45, 7) is 3.87. The second kappa shape index (κ2) is 7.50. The molecule has 142 valence electrons. The van der Waals surface area contributed by atoms with Gasteiger partial charge in [0.05, 0.1) is 18.3 Å². The number of aromatic amines is 1. The van der Waals surface area contributed by atoms with Crippen molar-refractivity contribution in [1.82, 2.24) is 19.8 Å². The number of likely N-dealkylation sites (N-methyl/N-ethyl adjacent to an activating group) is 1. The number of aryl methyl sites for hydroxylation is 2. The molecule has 2 N–H and O–H groups in total. The van der Waals surface area contributed by atoms with Gasteiger partial charge in [-0.1, -0.05) is 24.3 Å². The largest absolute Gasteiger partial charge is 0.351 e. The van der Waals surface area contributed by atoms with Gasteiger partial charge in [0.2, 0.25) is 15.9 Å². The molecular weight excluding hydrogens is 364 g/mol. The van der Waals surface area contributed by atoms with Crippen LogP contribution in [0, 0.1) is 13.8 Å². The number of hydrogen-bond donors (Lipinski definition) is 2. The molecule has 3 rings (SSSR count). The van der Waals surface area contributed by atoms with Gasteiger partial charge < -0.3 is 5.32 Å². The standard InChI is InChI=1S/C19H22N4O3S/c1-13-8-16-11-21-22-19(16)17(9-13)27(25,26)23(3)12-18(24)20-10-15-7-5-4-6-14(15)2/h4-9,11H,10,12H2,1-3H3,(H,20,24)(H,21,22). The molecule has 0 aliphatic carbocycles. The van der Waals surface area contributed by atoms with Crippen molar-refractivity contribution in [2.75, 3.05) is 13.6 Å². The number of nitrogens with zero attached hydrogens (tertiary/aromatic N) is 2. The van der Waals surface area contributed by atoms with Crippen LogP contribution in [-0.2, 0) is 21.4 Å². The Morgan fingerprint density at radius 3 is 2.70 bits per heavy atom. The van der Waals surface area contributed by atoms with E-state index < -0.39 is 10.0 Å². The Morgan fingerprint density at radius 1 is 1.22 bits per heavy atom. The fourth-order valence-electron chi connectivity index (χ4n) is 2.88. The summed E-state index contributed by atoms with van der Waals surface area (Å²) in [5.41, 5.74) is 3.31. The summed E-state index contributed by atoms with van der Waals surface area (Å²) in [5.74, 6) is -0.363. The van der Waals surface area contributed by atoms with E-state index in [9.17, 15) is 13.2 Å². The average Bonchev–Trinajstić information content (AvgIpc) is 3.08. The molecule has 0 aliphatic heterocycles. The van der Waals surface area contributed by atoms with Crippen LogP contribution < -0.4 is 5.32 Å². The molecule has 0 atom stereocenters. The van der Waals surface area contributed by atoms with Gasteiger partial charge in [0, 0.05) is 19.0 Å². The van der Waals surface area contributed by atoms with E-state index in [2.05, 4.69) is 15.5 Å². The van der Waals surface area contributed by atoms with Crippen molar-refractivity contribution in [1.29, 1.82) is 0 Å². The number of benzene rings is 2. The summed E-state index contributed by atoms with van der Waals surface area (Å²) >= 11 is 0. The Hall–Kier alpha value is -2.71. The first-order valence-electron chi connectivity index (χ1n) is 8.50. The van der Waals surface area contributed by atoms with Crippen LogP contribution in [0.25, 0.3) is 10.9 Å². The Kier molecular flexibility index (Phi) is 5.29. The first-order chi connectivity index (χ1) is 12.8. The van der Waals surface area contributed by atoms with Gasteiger partial charge in [0.15, 0.2) is 0 Å². The third-order valence-corrected chi connectivity index (χ3v) is 6.28. The highest BCUT2D eigenvalue weighted by molar-refractivity contribution is 7.89. The topological polar surface area (TPSA) is 95.2 Å². The van der Waals surface area contributed by atoms with Gasteiger partial charge in [-0.25, -0.2) is 8.42 Å². The second-order valence-corrected chi connectivity index (χ2v) is 8.57. The van der Waals surface area contributed by atoms with Crippen LogP contribution in [0.3, 0.4) is 0 Å². The molecule has 0 spiro atoms. The fourth-order valence-corrected chi connectivity index (χ4v) is 4.26. The molecular formula is C19H22N4O3S. The number of H-pyrrole nitrogens is 1. The molecule has 0 saturated carbocycles. The minimum Gasteiger partial charge on any atom is -0.351 e. The van der Waals surface area contributed by atoms with Gasteiger partial charge >= 0.3 is 0 Å². The van der Waals surface area contributed by atoms with Crippen LogP contribution >= 0.6 is 0 Å². The van der Waals surface area contributed by atoms with Crippen molar-refractivity contribution in [2.24, 2.45) is 0 Å². The summed E-state index contributed by atoms with van der Waals surface area (Å²) in [6.07, 6.45) is 1.58. The van der Waals surface area contributed by atoms with E-state index in [4.69, 9.17) is 0 Å². The summed E-state index contributed by atoms with van der Waals surface area (Å²) < 4.78 is 27.0. The normalized spacial score (nSPS) is 11.9. The molecule has 0 fully saturated rings. The van der Waals surface area contributed by atoms with Gasteiger partial charge in [-0.3, -0.25) is 9.89 Å². The smallest absolute Gasteiger partial charge is 0.245 e. The molecule has 1 aromatic heterocycles. The number of amides is 1. The van der Waals surface area contributed by atoms with Crippen molar-refractivity contribution in [3.05, 3.63) is 59.3 Å². The van der Waals surface area contributed by atoms with Gasteiger partial charge in [-0.05, 0) is 42.7 Å². The first kappa shape index (κ1) is 19.1. The van der Waals surface area contributed by atoms with Crippen molar-refractivity contribution in [2.45, 2.75) is 25.3 Å². The molecule has 0 unspecified atom stereocenters. The highest BCUT2D eigenvalue weighted by atomic mass is 32.2. The van der Waals surface area contributed by atoms with E-state index in [-0.39, 0.29) is 17.3 Å². The molecule has 0 saturated heterocycles. The number of rotatable bonds is 6. The minimum atomic E-state index is -3.84. The van der Waals surface area contributed by atoms with E-state index in [1.807, 2.05) is 44.2 Å². The molecule has 0 radical (unpaired) electrons. The second-order valence-electron chi connectivity index (χ2n) is 6.56. The third kappa shape index (κ3) is 4.01.